The van der Waals surface area contributed by atoms with Crippen LogP contribution in [-0.4, -0.2) is 55.0 Å². The van der Waals surface area contributed by atoms with Gasteiger partial charge in [0, 0.05) is 42.2 Å². The summed E-state index contributed by atoms with van der Waals surface area (Å²) in [5.41, 5.74) is 13.3. The van der Waals surface area contributed by atoms with Crippen molar-refractivity contribution in [2.45, 2.75) is 71.1 Å². The van der Waals surface area contributed by atoms with E-state index in [1.165, 1.54) is 0 Å². The number of nitrogens with one attached hydrogen (secondary N) is 2. The van der Waals surface area contributed by atoms with Gasteiger partial charge in [-0.25, -0.2) is 14.5 Å². The number of benzene rings is 1. The normalized spacial score (nSPS) is 16.3. The topological polar surface area (TPSA) is 111 Å². The molecule has 0 saturated carbocycles. The number of aryl methyl sites for hydroxylation is 1. The molecule has 1 aliphatic heterocycles. The van der Waals surface area contributed by atoms with Crippen molar-refractivity contribution >= 4 is 31.0 Å². The fourth-order valence-electron chi connectivity index (χ4n) is 5.07. The van der Waals surface area contributed by atoms with Crippen LogP contribution >= 0.6 is 0 Å². The lowest BCUT2D eigenvalue weighted by Crippen LogP contribution is -2.43. The Morgan fingerprint density at radius 2 is 1.98 bits per heavy atom. The third-order valence-corrected chi connectivity index (χ3v) is 13.0. The molecule has 1 fully saturated rings. The Kier molecular flexibility index (Phi) is 8.80. The van der Waals surface area contributed by atoms with E-state index < -0.39 is 8.32 Å². The molecule has 1 unspecified atom stereocenters. The summed E-state index contributed by atoms with van der Waals surface area (Å²) >= 11 is 0. The third kappa shape index (κ3) is 6.70. The molecule has 0 amide bonds. The Balaban J connectivity index is 1.53. The molecule has 0 radical (unpaired) electrons. The molecule has 228 valence electrons. The first-order chi connectivity index (χ1) is 20.5. The minimum absolute atomic E-state index is 0.117. The number of aliphatic imine (C=N–C) groups is 1. The first kappa shape index (κ1) is 30.6. The van der Waals surface area contributed by atoms with Gasteiger partial charge in [-0.1, -0.05) is 27.7 Å². The molecule has 1 aromatic carbocycles. The number of rotatable bonds is 9. The fourth-order valence-corrected chi connectivity index (χ4v) is 6.09. The second kappa shape index (κ2) is 12.4. The van der Waals surface area contributed by atoms with E-state index in [1.807, 2.05) is 41.2 Å². The molecule has 1 aliphatic rings. The van der Waals surface area contributed by atoms with Crippen molar-refractivity contribution < 1.29 is 9.16 Å². The van der Waals surface area contributed by atoms with Gasteiger partial charge >= 0.3 is 0 Å². The summed E-state index contributed by atoms with van der Waals surface area (Å²) in [7, 11) is -0.345. The minimum Gasteiger partial charge on any atom is -0.543 e. The SMILES string of the molecule is CCc1cc(O[Si](C)(C)C(C)(C)C)ccc1N=C(N)c1cnn2cc(-c3ccc(OC)nc3)cc2c1NC1CCCNC1. The predicted molar refractivity (Wildman–Crippen MR) is 179 cm³/mol. The summed E-state index contributed by atoms with van der Waals surface area (Å²) in [6.07, 6.45) is 8.63. The van der Waals surface area contributed by atoms with Gasteiger partial charge in [0.1, 0.15) is 11.6 Å². The number of anilines is 1. The van der Waals surface area contributed by atoms with Gasteiger partial charge in [-0.05, 0) is 79.8 Å². The third-order valence-electron chi connectivity index (χ3n) is 8.69. The summed E-state index contributed by atoms with van der Waals surface area (Å²) in [6, 6.07) is 12.4. The van der Waals surface area contributed by atoms with Gasteiger partial charge in [-0.15, -0.1) is 0 Å². The number of ether oxygens (including phenoxy) is 1. The highest BCUT2D eigenvalue weighted by Crippen LogP contribution is 2.38. The zero-order chi connectivity index (χ0) is 30.8. The van der Waals surface area contributed by atoms with Crippen LogP contribution in [0.3, 0.4) is 0 Å². The van der Waals surface area contributed by atoms with Crippen molar-refractivity contribution in [2.75, 3.05) is 25.5 Å². The summed E-state index contributed by atoms with van der Waals surface area (Å²) in [5.74, 6) is 1.89. The van der Waals surface area contributed by atoms with Crippen LogP contribution in [0.1, 0.15) is 51.7 Å². The lowest BCUT2D eigenvalue weighted by atomic mass is 10.1. The molecular formula is C33H45N7O2Si. The molecule has 9 nitrogen and oxygen atoms in total. The number of amidine groups is 1. The minimum atomic E-state index is -1.96. The second-order valence-corrected chi connectivity index (χ2v) is 17.5. The Morgan fingerprint density at radius 1 is 1.16 bits per heavy atom. The van der Waals surface area contributed by atoms with Crippen LogP contribution in [0.5, 0.6) is 11.6 Å². The van der Waals surface area contributed by atoms with Gasteiger partial charge in [0.2, 0.25) is 14.2 Å². The van der Waals surface area contributed by atoms with Crippen LogP contribution in [0.25, 0.3) is 16.6 Å². The number of methoxy groups -OCH3 is 1. The van der Waals surface area contributed by atoms with Crippen molar-refractivity contribution in [1.29, 1.82) is 0 Å². The van der Waals surface area contributed by atoms with Gasteiger partial charge in [0.25, 0.3) is 0 Å². The van der Waals surface area contributed by atoms with Crippen molar-refractivity contribution in [3.05, 3.63) is 66.1 Å². The zero-order valence-electron chi connectivity index (χ0n) is 26.5. The molecule has 4 heterocycles. The molecule has 1 saturated heterocycles. The van der Waals surface area contributed by atoms with E-state index in [0.717, 1.165) is 77.2 Å². The molecule has 1 atom stereocenters. The number of hydrogen-bond acceptors (Lipinski definition) is 7. The lowest BCUT2D eigenvalue weighted by molar-refractivity contribution is 0.398. The number of piperidine rings is 1. The van der Waals surface area contributed by atoms with Crippen LogP contribution < -0.4 is 25.5 Å². The maximum absolute atomic E-state index is 6.79. The molecule has 0 bridgehead atoms. The monoisotopic (exact) mass is 599 g/mol. The highest BCUT2D eigenvalue weighted by Gasteiger charge is 2.39. The Morgan fingerprint density at radius 3 is 2.63 bits per heavy atom. The van der Waals surface area contributed by atoms with E-state index >= 15 is 0 Å². The maximum Gasteiger partial charge on any atom is 0.250 e. The highest BCUT2D eigenvalue weighted by atomic mass is 28.4. The van der Waals surface area contributed by atoms with E-state index in [9.17, 15) is 0 Å². The predicted octanol–water partition coefficient (Wildman–Crippen LogP) is 6.55. The Bertz CT molecular complexity index is 1600. The number of aromatic nitrogens is 3. The molecule has 0 spiro atoms. The van der Waals surface area contributed by atoms with E-state index in [0.29, 0.717) is 11.7 Å². The molecule has 5 rings (SSSR count). The van der Waals surface area contributed by atoms with Crippen LogP contribution in [0.4, 0.5) is 11.4 Å². The number of pyridine rings is 1. The number of nitrogens with two attached hydrogens (primary N) is 1. The molecule has 4 aromatic rings. The number of fused-ring (bicyclic) bond motifs is 1. The van der Waals surface area contributed by atoms with Crippen molar-refractivity contribution in [3.63, 3.8) is 0 Å². The second-order valence-electron chi connectivity index (χ2n) is 12.8. The molecule has 3 aromatic heterocycles. The first-order valence-corrected chi connectivity index (χ1v) is 18.1. The van der Waals surface area contributed by atoms with Crippen LogP contribution in [-0.2, 0) is 6.42 Å². The Labute approximate surface area is 256 Å². The van der Waals surface area contributed by atoms with Gasteiger partial charge in [-0.3, -0.25) is 0 Å². The fraction of sp³-hybridized carbons (Fsp3) is 0.424. The van der Waals surface area contributed by atoms with Crippen LogP contribution in [0, 0.1) is 0 Å². The van der Waals surface area contributed by atoms with Gasteiger partial charge in [-0.2, -0.15) is 5.10 Å². The summed E-state index contributed by atoms with van der Waals surface area (Å²) < 4.78 is 13.7. The van der Waals surface area contributed by atoms with Crippen molar-refractivity contribution in [2.24, 2.45) is 10.7 Å². The smallest absolute Gasteiger partial charge is 0.250 e. The summed E-state index contributed by atoms with van der Waals surface area (Å²) in [5, 5.41) is 12.1. The average Bonchev–Trinajstić information content (AvgIpc) is 3.43. The highest BCUT2D eigenvalue weighted by molar-refractivity contribution is 6.74. The number of nitrogens with zero attached hydrogens (tertiary/aromatic N) is 4. The van der Waals surface area contributed by atoms with E-state index in [4.69, 9.17) is 25.0 Å². The van der Waals surface area contributed by atoms with Gasteiger partial charge < -0.3 is 25.5 Å². The molecule has 0 aliphatic carbocycles. The standard InChI is InChI=1S/C33H45N7O2Si/c1-8-22-16-26(42-43(6,7)33(2,3)4)12-13-28(22)39-32(34)27-20-37-40-21-24(23-11-14-30(41-5)36-18-23)17-29(40)31(27)38-25-10-9-15-35-19-25/h11-14,16-18,20-21,25,35,38H,8-10,15,19H2,1-7H3,(H2,34,39). The molecule has 10 heteroatoms. The lowest BCUT2D eigenvalue weighted by Gasteiger charge is -2.36. The Hall–Kier alpha value is -3.89. The van der Waals surface area contributed by atoms with Crippen molar-refractivity contribution in [1.82, 2.24) is 19.9 Å². The average molecular weight is 600 g/mol. The maximum atomic E-state index is 6.79. The van der Waals surface area contributed by atoms with Crippen LogP contribution in [0.2, 0.25) is 18.1 Å². The summed E-state index contributed by atoms with van der Waals surface area (Å²) in [4.78, 5) is 9.34. The quantitative estimate of drug-likeness (QED) is 0.114. The first-order valence-electron chi connectivity index (χ1n) is 15.1. The molecule has 4 N–H and O–H groups in total. The summed E-state index contributed by atoms with van der Waals surface area (Å²) in [6.45, 7) is 15.3. The van der Waals surface area contributed by atoms with E-state index in [-0.39, 0.29) is 11.1 Å². The van der Waals surface area contributed by atoms with Crippen LogP contribution in [0.15, 0.2) is 60.0 Å². The number of hydrogen-bond donors (Lipinski definition) is 3. The van der Waals surface area contributed by atoms with E-state index in [1.54, 1.807) is 13.3 Å². The molecule has 43 heavy (non-hydrogen) atoms. The zero-order valence-corrected chi connectivity index (χ0v) is 27.5. The van der Waals surface area contributed by atoms with E-state index in [2.05, 4.69) is 68.5 Å². The van der Waals surface area contributed by atoms with Crippen molar-refractivity contribution in [3.8, 4) is 22.8 Å². The molecular weight excluding hydrogens is 554 g/mol. The van der Waals surface area contributed by atoms with Gasteiger partial charge in [0.05, 0.1) is 35.8 Å². The van der Waals surface area contributed by atoms with Gasteiger partial charge in [0.15, 0.2) is 0 Å². The largest absolute Gasteiger partial charge is 0.543 e.